The van der Waals surface area contributed by atoms with E-state index < -0.39 is 0 Å². The number of nitrogens with two attached hydrogens (primary N) is 1. The molecule has 1 aromatic carbocycles. The number of carbonyl (C=O) groups is 1. The molecule has 0 saturated heterocycles. The molecule has 2 aromatic heterocycles. The Labute approximate surface area is 128 Å². The van der Waals surface area contributed by atoms with Gasteiger partial charge in [0.1, 0.15) is 5.82 Å². The maximum Gasteiger partial charge on any atom is 0.337 e. The lowest BCUT2D eigenvalue weighted by Crippen LogP contribution is -2.03. The largest absolute Gasteiger partial charge is 0.465 e. The summed E-state index contributed by atoms with van der Waals surface area (Å²) in [5, 5.41) is 0.999. The van der Waals surface area contributed by atoms with Gasteiger partial charge >= 0.3 is 5.97 Å². The molecule has 0 bridgehead atoms. The third-order valence-electron chi connectivity index (χ3n) is 3.62. The monoisotopic (exact) mass is 295 g/mol. The predicted octanol–water partition coefficient (Wildman–Crippen LogP) is 2.31. The van der Waals surface area contributed by atoms with Crippen molar-refractivity contribution in [2.45, 2.75) is 6.42 Å². The quantitative estimate of drug-likeness (QED) is 0.750. The molecule has 2 heterocycles. The lowest BCUT2D eigenvalue weighted by atomic mass is 10.1. The number of esters is 1. The lowest BCUT2D eigenvalue weighted by Gasteiger charge is -2.04. The summed E-state index contributed by atoms with van der Waals surface area (Å²) in [6.07, 6.45) is 4.52. The molecule has 22 heavy (non-hydrogen) atoms. The fourth-order valence-electron chi connectivity index (χ4n) is 2.58. The molecule has 3 aromatic rings. The number of nitrogens with zero attached hydrogens (tertiary/aromatic N) is 2. The van der Waals surface area contributed by atoms with Gasteiger partial charge in [0, 0.05) is 17.8 Å². The van der Waals surface area contributed by atoms with Gasteiger partial charge in [0.05, 0.1) is 18.2 Å². The average molecular weight is 295 g/mol. The number of carbonyl (C=O) groups excluding carboxylic acids is 1. The van der Waals surface area contributed by atoms with Gasteiger partial charge in [-0.15, -0.1) is 0 Å². The van der Waals surface area contributed by atoms with Crippen molar-refractivity contribution < 1.29 is 9.53 Å². The van der Waals surface area contributed by atoms with Crippen molar-refractivity contribution in [3.05, 3.63) is 59.9 Å². The van der Waals surface area contributed by atoms with E-state index >= 15 is 0 Å². The minimum atomic E-state index is -0.341. The summed E-state index contributed by atoms with van der Waals surface area (Å²) in [6.45, 7) is 0.545. The van der Waals surface area contributed by atoms with Crippen LogP contribution in [0.2, 0.25) is 0 Å². The van der Waals surface area contributed by atoms with Crippen LogP contribution in [0.15, 0.2) is 48.8 Å². The number of rotatable bonds is 4. The normalized spacial score (nSPS) is 10.8. The molecule has 0 atom stereocenters. The highest BCUT2D eigenvalue weighted by molar-refractivity contribution is 5.96. The van der Waals surface area contributed by atoms with Crippen LogP contribution < -0.4 is 5.73 Å². The molecular formula is C17H17N3O2. The number of methoxy groups -OCH3 is 1. The summed E-state index contributed by atoms with van der Waals surface area (Å²) in [4.78, 5) is 16.1. The van der Waals surface area contributed by atoms with Crippen molar-refractivity contribution in [2.75, 3.05) is 13.7 Å². The maximum absolute atomic E-state index is 11.7. The minimum absolute atomic E-state index is 0.341. The fraction of sp³-hybridized carbons (Fsp3) is 0.176. The van der Waals surface area contributed by atoms with E-state index in [1.165, 1.54) is 7.11 Å². The summed E-state index contributed by atoms with van der Waals surface area (Å²) in [5.41, 5.74) is 8.33. The Balaban J connectivity index is 2.21. The van der Waals surface area contributed by atoms with Crippen molar-refractivity contribution in [3.8, 4) is 5.82 Å². The minimum Gasteiger partial charge on any atom is -0.465 e. The van der Waals surface area contributed by atoms with Gasteiger partial charge in [-0.3, -0.25) is 0 Å². The second-order valence-corrected chi connectivity index (χ2v) is 4.97. The molecule has 0 aliphatic rings. The number of hydrogen-bond donors (Lipinski definition) is 1. The van der Waals surface area contributed by atoms with Crippen LogP contribution in [-0.4, -0.2) is 29.2 Å². The highest BCUT2D eigenvalue weighted by Crippen LogP contribution is 2.26. The van der Waals surface area contributed by atoms with Crippen LogP contribution in [0.4, 0.5) is 0 Å². The standard InChI is InChI=1S/C17H17N3O2/c1-22-17(21)12-5-6-15-14(10-12)13(7-8-18)11-20(15)16-4-2-3-9-19-16/h2-6,9-11H,7-8,18H2,1H3. The van der Waals surface area contributed by atoms with Crippen molar-refractivity contribution in [1.82, 2.24) is 9.55 Å². The number of hydrogen-bond acceptors (Lipinski definition) is 4. The van der Waals surface area contributed by atoms with Crippen LogP contribution in [-0.2, 0) is 11.2 Å². The van der Waals surface area contributed by atoms with Crippen LogP contribution in [0.25, 0.3) is 16.7 Å². The zero-order chi connectivity index (χ0) is 15.5. The molecule has 2 N–H and O–H groups in total. The summed E-state index contributed by atoms with van der Waals surface area (Å²) in [6, 6.07) is 11.3. The van der Waals surface area contributed by atoms with Gasteiger partial charge < -0.3 is 15.0 Å². The SMILES string of the molecule is COC(=O)c1ccc2c(c1)c(CCN)cn2-c1ccccn1. The molecule has 0 aliphatic carbocycles. The Morgan fingerprint density at radius 2 is 2.18 bits per heavy atom. The number of ether oxygens (including phenoxy) is 1. The second kappa shape index (κ2) is 5.99. The van der Waals surface area contributed by atoms with Crippen LogP contribution in [0.1, 0.15) is 15.9 Å². The Bertz CT molecular complexity index is 809. The Morgan fingerprint density at radius 1 is 1.32 bits per heavy atom. The van der Waals surface area contributed by atoms with E-state index in [0.717, 1.165) is 28.7 Å². The van der Waals surface area contributed by atoms with Crippen molar-refractivity contribution in [2.24, 2.45) is 5.73 Å². The summed E-state index contributed by atoms with van der Waals surface area (Å²) >= 11 is 0. The van der Waals surface area contributed by atoms with Gasteiger partial charge in [-0.05, 0) is 48.9 Å². The summed E-state index contributed by atoms with van der Waals surface area (Å²) in [7, 11) is 1.38. The lowest BCUT2D eigenvalue weighted by molar-refractivity contribution is 0.0601. The molecule has 0 radical (unpaired) electrons. The van der Waals surface area contributed by atoms with E-state index in [4.69, 9.17) is 10.5 Å². The van der Waals surface area contributed by atoms with Gasteiger partial charge in [-0.25, -0.2) is 9.78 Å². The van der Waals surface area contributed by atoms with E-state index in [2.05, 4.69) is 4.98 Å². The van der Waals surface area contributed by atoms with E-state index in [0.29, 0.717) is 12.1 Å². The second-order valence-electron chi connectivity index (χ2n) is 4.97. The predicted molar refractivity (Wildman–Crippen MR) is 85.2 cm³/mol. The molecule has 3 rings (SSSR count). The van der Waals surface area contributed by atoms with Gasteiger partial charge in [-0.1, -0.05) is 6.07 Å². The third-order valence-corrected chi connectivity index (χ3v) is 3.62. The Hall–Kier alpha value is -2.66. The fourth-order valence-corrected chi connectivity index (χ4v) is 2.58. The van der Waals surface area contributed by atoms with Gasteiger partial charge in [0.2, 0.25) is 0 Å². The van der Waals surface area contributed by atoms with Crippen LogP contribution in [0.5, 0.6) is 0 Å². The van der Waals surface area contributed by atoms with E-state index in [1.54, 1.807) is 12.3 Å². The number of benzene rings is 1. The molecular weight excluding hydrogens is 278 g/mol. The molecule has 5 nitrogen and oxygen atoms in total. The summed E-state index contributed by atoms with van der Waals surface area (Å²) in [5.74, 6) is 0.493. The zero-order valence-electron chi connectivity index (χ0n) is 12.3. The highest BCUT2D eigenvalue weighted by Gasteiger charge is 2.13. The molecule has 112 valence electrons. The van der Waals surface area contributed by atoms with Crippen LogP contribution in [0.3, 0.4) is 0 Å². The topological polar surface area (TPSA) is 70.1 Å². The number of aromatic nitrogens is 2. The molecule has 0 unspecified atom stereocenters. The third kappa shape index (κ3) is 2.46. The first-order valence-corrected chi connectivity index (χ1v) is 7.08. The average Bonchev–Trinajstić information content (AvgIpc) is 2.93. The first-order chi connectivity index (χ1) is 10.7. The number of pyridine rings is 1. The molecule has 0 spiro atoms. The van der Waals surface area contributed by atoms with Crippen molar-refractivity contribution in [1.29, 1.82) is 0 Å². The molecule has 0 aliphatic heterocycles. The van der Waals surface area contributed by atoms with Crippen molar-refractivity contribution in [3.63, 3.8) is 0 Å². The number of fused-ring (bicyclic) bond motifs is 1. The highest BCUT2D eigenvalue weighted by atomic mass is 16.5. The first-order valence-electron chi connectivity index (χ1n) is 7.08. The maximum atomic E-state index is 11.7. The Kier molecular flexibility index (Phi) is 3.89. The molecule has 0 fully saturated rings. The van der Waals surface area contributed by atoms with Gasteiger partial charge in [-0.2, -0.15) is 0 Å². The first kappa shape index (κ1) is 14.3. The van der Waals surface area contributed by atoms with Crippen LogP contribution in [0, 0.1) is 0 Å². The van der Waals surface area contributed by atoms with Crippen LogP contribution >= 0.6 is 0 Å². The molecule has 0 amide bonds. The zero-order valence-corrected chi connectivity index (χ0v) is 12.3. The molecule has 0 saturated carbocycles. The van der Waals surface area contributed by atoms with E-state index in [-0.39, 0.29) is 5.97 Å². The van der Waals surface area contributed by atoms with E-state index in [1.807, 2.05) is 41.1 Å². The van der Waals surface area contributed by atoms with Crippen molar-refractivity contribution >= 4 is 16.9 Å². The Morgan fingerprint density at radius 3 is 2.86 bits per heavy atom. The van der Waals surface area contributed by atoms with E-state index in [9.17, 15) is 4.79 Å². The van der Waals surface area contributed by atoms with Gasteiger partial charge in [0.25, 0.3) is 0 Å². The summed E-state index contributed by atoms with van der Waals surface area (Å²) < 4.78 is 6.81. The van der Waals surface area contributed by atoms with Gasteiger partial charge in [0.15, 0.2) is 0 Å². The molecule has 5 heteroatoms. The smallest absolute Gasteiger partial charge is 0.337 e.